The van der Waals surface area contributed by atoms with Gasteiger partial charge in [0.05, 0.1) is 19.6 Å². The molecule has 4 N–H and O–H groups in total. The molecule has 4 fully saturated rings. The van der Waals surface area contributed by atoms with E-state index < -0.39 is 0 Å². The van der Waals surface area contributed by atoms with E-state index in [2.05, 4.69) is 113 Å². The Bertz CT molecular complexity index is 2660. The number of alkyl halides is 2. The molecule has 0 spiro atoms. The monoisotopic (exact) mass is 1290 g/mol. The molecule has 10 atom stereocenters. The molecule has 10 nitrogen and oxygen atoms in total. The molecule has 77 heavy (non-hydrogen) atoms. The van der Waals surface area contributed by atoms with Crippen molar-refractivity contribution in [3.63, 3.8) is 0 Å². The molecular weight excluding hydrogens is 1210 g/mol. The lowest BCUT2D eigenvalue weighted by atomic mass is 9.45. The predicted molar refractivity (Wildman–Crippen MR) is 325 cm³/mol. The van der Waals surface area contributed by atoms with E-state index in [9.17, 15) is 29.4 Å². The van der Waals surface area contributed by atoms with E-state index in [0.717, 1.165) is 62.5 Å². The zero-order chi connectivity index (χ0) is 57.4. The van der Waals surface area contributed by atoms with Gasteiger partial charge in [0, 0.05) is 58.3 Å². The average Bonchev–Trinajstić information content (AvgIpc) is 3.34. The van der Waals surface area contributed by atoms with Crippen molar-refractivity contribution in [2.24, 2.45) is 57.2 Å². The number of amides is 2. The van der Waals surface area contributed by atoms with Crippen molar-refractivity contribution in [3.8, 4) is 23.0 Å². The van der Waals surface area contributed by atoms with E-state index in [1.807, 2.05) is 74.5 Å². The number of halogens is 5. The fourth-order valence-electron chi connectivity index (χ4n) is 14.4. The van der Waals surface area contributed by atoms with Crippen LogP contribution in [-0.4, -0.2) is 68.4 Å². The highest BCUT2D eigenvalue weighted by molar-refractivity contribution is 9.69. The minimum atomic E-state index is -0.338. The number of rotatable bonds is 10. The van der Waals surface area contributed by atoms with Crippen molar-refractivity contribution in [3.05, 3.63) is 118 Å². The van der Waals surface area contributed by atoms with Gasteiger partial charge in [-0.25, -0.2) is 0 Å². The Hall–Kier alpha value is -3.56. The van der Waals surface area contributed by atoms with Gasteiger partial charge in [-0.15, -0.1) is 70.5 Å². The summed E-state index contributed by atoms with van der Waals surface area (Å²) in [6.07, 6.45) is 8.07. The van der Waals surface area contributed by atoms with E-state index in [-0.39, 0.29) is 107 Å². The first-order chi connectivity index (χ1) is 36.1. The summed E-state index contributed by atoms with van der Waals surface area (Å²) in [4.78, 5) is 54.8. The van der Waals surface area contributed by atoms with E-state index in [4.69, 9.17) is 32.7 Å². The maximum atomic E-state index is 14.3. The number of fused-ring (bicyclic) bond motifs is 2. The number of hydrogen-bond donors (Lipinski definition) is 4. The number of hydrogen-bond acceptors (Lipinski definition) is 8. The number of ether oxygens (including phenoxy) is 2. The summed E-state index contributed by atoms with van der Waals surface area (Å²) in [5.41, 5.74) is 4.05. The maximum Gasteiger partial charge on any atom is 0.369 e. The first-order valence-corrected chi connectivity index (χ1v) is 30.5. The van der Waals surface area contributed by atoms with Crippen LogP contribution in [0.5, 0.6) is 23.0 Å². The molecule has 2 amide bonds. The van der Waals surface area contributed by atoms with Crippen LogP contribution in [0.1, 0.15) is 159 Å². The quantitative estimate of drug-likeness (QED) is 0.0696. The third-order valence-corrected chi connectivity index (χ3v) is 17.9. The van der Waals surface area contributed by atoms with Gasteiger partial charge in [-0.1, -0.05) is 104 Å². The van der Waals surface area contributed by atoms with Crippen molar-refractivity contribution >= 4 is 97.0 Å². The van der Waals surface area contributed by atoms with Crippen LogP contribution in [-0.2, 0) is 0 Å². The van der Waals surface area contributed by atoms with Crippen molar-refractivity contribution < 1.29 is 38.9 Å². The van der Waals surface area contributed by atoms with Gasteiger partial charge in [0.1, 0.15) is 23.0 Å². The summed E-state index contributed by atoms with van der Waals surface area (Å²) in [7, 11) is 3.20. The molecule has 420 valence electrons. The largest absolute Gasteiger partial charge is 0.508 e. The Kier molecular flexibility index (Phi) is 22.8. The molecule has 4 aromatic rings. The Labute approximate surface area is 493 Å². The first-order valence-electron chi connectivity index (χ1n) is 26.7. The zero-order valence-corrected chi connectivity index (χ0v) is 53.1. The fourth-order valence-corrected chi connectivity index (χ4v) is 14.4. The minimum absolute atomic E-state index is 0.0152. The molecule has 0 bridgehead atoms. The zero-order valence-electron chi connectivity index (χ0n) is 46.9. The number of phenols is 2. The number of nitrogens with one attached hydrogen (secondary N) is 2. The maximum absolute atomic E-state index is 14.3. The number of ketones is 2. The summed E-state index contributed by atoms with van der Waals surface area (Å²) >= 11 is 18.8. The van der Waals surface area contributed by atoms with Gasteiger partial charge < -0.3 is 30.3 Å². The molecule has 8 rings (SSSR count). The number of methoxy groups -OCH3 is 2. The van der Waals surface area contributed by atoms with E-state index >= 15 is 0 Å². The SMILES string of the molecule is BrB(Br)Br.COc1cc(OC)cc(C(=O)[C@H]2[C@H](C)[C@H](NC(=O)c3cccc(C)c3)C[C@H]3C(C)(C)CCC[C@]23C)c1.Cc1cccc(C(=O)N[C@@H]2C[C@H]3C(C)(C)CCC[C@]3(C)[C@@H](C(=O)c3cc(O)cc(O)c3)[C@@H]2C)c1.ClCCl. The van der Waals surface area contributed by atoms with E-state index in [0.29, 0.717) is 39.7 Å². The smallest absolute Gasteiger partial charge is 0.369 e. The molecule has 0 radical (unpaired) electrons. The fraction of sp³-hybridized carbons (Fsp3) is 0.541. The average molecular weight is 1290 g/mol. The number of benzene rings is 4. The Morgan fingerprint density at radius 2 is 0.935 bits per heavy atom. The molecule has 0 heterocycles. The molecule has 0 aromatic heterocycles. The molecule has 0 aliphatic heterocycles. The highest BCUT2D eigenvalue weighted by Crippen LogP contribution is 2.63. The highest BCUT2D eigenvalue weighted by atomic mass is 79.9. The lowest BCUT2D eigenvalue weighted by molar-refractivity contribution is -0.0904. The number of carbonyl (C=O) groups is 4. The van der Waals surface area contributed by atoms with Crippen molar-refractivity contribution in [1.29, 1.82) is 0 Å². The summed E-state index contributed by atoms with van der Waals surface area (Å²) in [6, 6.07) is 24.6. The molecule has 16 heteroatoms. The Morgan fingerprint density at radius 3 is 1.27 bits per heavy atom. The molecule has 4 aliphatic carbocycles. The second-order valence-corrected chi connectivity index (χ2v) is 31.0. The van der Waals surface area contributed by atoms with Crippen LogP contribution in [0.3, 0.4) is 0 Å². The van der Waals surface area contributed by atoms with Gasteiger partial charge in [0.25, 0.3) is 11.8 Å². The topological polar surface area (TPSA) is 151 Å². The van der Waals surface area contributed by atoms with Crippen LogP contribution in [0.15, 0.2) is 84.9 Å². The summed E-state index contributed by atoms with van der Waals surface area (Å²) in [5, 5.41) is 26.9. The number of phenolic OH excluding ortho intramolecular Hbond substituents is 2. The summed E-state index contributed by atoms with van der Waals surface area (Å²) < 4.78 is 11.2. The second-order valence-electron chi connectivity index (χ2n) is 23.8. The standard InChI is InChI=1S/C31H41NO4.C29H37NO4.CH2Cl2.BBr3/c1-19-10-8-11-21(14-19)29(34)32-25-18-26-30(3,4)12-9-13-31(26,5)27(20(25)2)28(33)22-15-23(35-6)17-24(16-22)36-7;1-17-8-6-9-19(12-17)27(34)30-23-16-24-28(3,4)10-7-11-29(24,5)25(18(23)2)26(33)20-13-21(31)15-22(32)14-20;2-1-3;2-1(3)4/h8,10-11,14-17,20,25-27H,9,12-13,18H2,1-7H3,(H,32,34);6,8-9,12-15,18,23-25,31-32H,7,10-11,16H2,1-5H3,(H,30,34);1H2;/t20-,25-,26+,27-,31+;18-,23-,24+,25-,29+;;/m11../s1. The Morgan fingerprint density at radius 1 is 0.584 bits per heavy atom. The minimum Gasteiger partial charge on any atom is -0.508 e. The van der Waals surface area contributed by atoms with Crippen LogP contribution in [0.2, 0.25) is 0 Å². The summed E-state index contributed by atoms with van der Waals surface area (Å²) in [6.45, 7) is 22.0. The number of aryl methyl sites for hydroxylation is 2. The van der Waals surface area contributed by atoms with Crippen LogP contribution >= 0.6 is 70.5 Å². The lowest BCUT2D eigenvalue weighted by Gasteiger charge is -2.60. The molecule has 0 unspecified atom stereocenters. The van der Waals surface area contributed by atoms with Crippen molar-refractivity contribution in [2.75, 3.05) is 19.6 Å². The number of aromatic hydroxyl groups is 2. The normalized spacial score (nSPS) is 27.5. The van der Waals surface area contributed by atoms with E-state index in [1.165, 1.54) is 18.2 Å². The molecule has 4 aromatic carbocycles. The van der Waals surface area contributed by atoms with Crippen LogP contribution in [0.4, 0.5) is 0 Å². The lowest BCUT2D eigenvalue weighted by Crippen LogP contribution is -2.60. The number of carbonyl (C=O) groups excluding carboxylic acids is 4. The first kappa shape index (κ1) is 64.3. The Balaban J connectivity index is 0.000000254. The van der Waals surface area contributed by atoms with Crippen LogP contribution in [0, 0.1) is 71.0 Å². The van der Waals surface area contributed by atoms with Crippen molar-refractivity contribution in [2.45, 2.75) is 133 Å². The highest BCUT2D eigenvalue weighted by Gasteiger charge is 2.60. The molecule has 0 saturated heterocycles. The van der Waals surface area contributed by atoms with Crippen LogP contribution < -0.4 is 20.1 Å². The second kappa shape index (κ2) is 27.3. The van der Waals surface area contributed by atoms with Gasteiger partial charge in [-0.3, -0.25) is 19.2 Å². The van der Waals surface area contributed by atoms with Gasteiger partial charge in [0.15, 0.2) is 11.6 Å². The van der Waals surface area contributed by atoms with Gasteiger partial charge in [-0.05, 0) is 146 Å². The predicted octanol–water partition coefficient (Wildman–Crippen LogP) is 15.9. The van der Waals surface area contributed by atoms with Gasteiger partial charge in [-0.2, -0.15) is 0 Å². The molecular formula is C61H80BBr3Cl2N2O8. The molecule has 4 saturated carbocycles. The van der Waals surface area contributed by atoms with Crippen LogP contribution in [0.25, 0.3) is 0 Å². The van der Waals surface area contributed by atoms with Crippen molar-refractivity contribution in [1.82, 2.24) is 10.6 Å². The third-order valence-electron chi connectivity index (χ3n) is 17.9. The summed E-state index contributed by atoms with van der Waals surface area (Å²) in [5.74, 6) is 0.728. The van der Waals surface area contributed by atoms with E-state index in [1.54, 1.807) is 20.3 Å². The number of Topliss-reactive ketones (excluding diaryl/α,β-unsaturated/α-hetero) is 2. The third kappa shape index (κ3) is 15.5. The van der Waals surface area contributed by atoms with Gasteiger partial charge >= 0.3 is 3.18 Å². The van der Waals surface area contributed by atoms with Gasteiger partial charge in [0.2, 0.25) is 0 Å². The molecule has 4 aliphatic rings.